The number of aromatic nitrogens is 3. The summed E-state index contributed by atoms with van der Waals surface area (Å²) in [6.07, 6.45) is 11.2. The fourth-order valence-corrected chi connectivity index (χ4v) is 4.77. The van der Waals surface area contributed by atoms with Crippen molar-refractivity contribution in [3.63, 3.8) is 0 Å². The Bertz CT molecular complexity index is 661. The summed E-state index contributed by atoms with van der Waals surface area (Å²) in [7, 11) is 0. The molecule has 1 aromatic rings. The number of carbonyl (C=O) groups excluding carboxylic acids is 2. The molecule has 0 saturated carbocycles. The summed E-state index contributed by atoms with van der Waals surface area (Å²) in [6, 6.07) is 1.17. The number of rotatable bonds is 5. The van der Waals surface area contributed by atoms with Crippen LogP contribution in [0.2, 0.25) is 0 Å². The molecule has 3 saturated heterocycles. The van der Waals surface area contributed by atoms with Crippen LogP contribution in [0.4, 0.5) is 5.95 Å². The van der Waals surface area contributed by atoms with Crippen molar-refractivity contribution in [1.82, 2.24) is 25.0 Å². The van der Waals surface area contributed by atoms with E-state index in [0.717, 1.165) is 38.8 Å². The molecule has 2 atom stereocenters. The van der Waals surface area contributed by atoms with Crippen LogP contribution in [0.25, 0.3) is 0 Å². The molecular formula is C19H31ClN6O2. The van der Waals surface area contributed by atoms with E-state index in [-0.39, 0.29) is 30.8 Å². The summed E-state index contributed by atoms with van der Waals surface area (Å²) in [5, 5.41) is 10.7. The Hall–Kier alpha value is -1.67. The zero-order chi connectivity index (χ0) is 18.6. The molecule has 2 unspecified atom stereocenters. The number of amides is 2. The van der Waals surface area contributed by atoms with Gasteiger partial charge in [-0.3, -0.25) is 14.9 Å². The van der Waals surface area contributed by atoms with Crippen LogP contribution >= 0.6 is 12.4 Å². The Morgan fingerprint density at radius 2 is 1.79 bits per heavy atom. The third kappa shape index (κ3) is 5.44. The van der Waals surface area contributed by atoms with Gasteiger partial charge in [-0.05, 0) is 44.4 Å². The first-order chi connectivity index (χ1) is 13.2. The van der Waals surface area contributed by atoms with Crippen molar-refractivity contribution >= 4 is 30.2 Å². The van der Waals surface area contributed by atoms with E-state index in [1.54, 1.807) is 0 Å². The molecule has 1 aromatic heterocycles. The average Bonchev–Trinajstić information content (AvgIpc) is 3.09. The quantitative estimate of drug-likeness (QED) is 0.774. The second-order valence-corrected chi connectivity index (χ2v) is 8.29. The average molecular weight is 411 g/mol. The van der Waals surface area contributed by atoms with Crippen LogP contribution in [0.15, 0.2) is 6.33 Å². The minimum atomic E-state index is -0.0297. The lowest BCUT2D eigenvalue weighted by atomic mass is 9.89. The highest BCUT2D eigenvalue weighted by Crippen LogP contribution is 2.32. The molecule has 2 bridgehead atoms. The Morgan fingerprint density at radius 1 is 1.11 bits per heavy atom. The summed E-state index contributed by atoms with van der Waals surface area (Å²) in [4.78, 5) is 30.8. The third-order valence-electron chi connectivity index (χ3n) is 6.09. The second-order valence-electron chi connectivity index (χ2n) is 8.29. The largest absolute Gasteiger partial charge is 0.341 e. The van der Waals surface area contributed by atoms with Gasteiger partial charge in [-0.15, -0.1) is 17.5 Å². The predicted octanol–water partition coefficient (Wildman–Crippen LogP) is 1.96. The highest BCUT2D eigenvalue weighted by Gasteiger charge is 2.34. The molecule has 0 spiro atoms. The Labute approximate surface area is 172 Å². The van der Waals surface area contributed by atoms with Gasteiger partial charge in [0.15, 0.2) is 0 Å². The van der Waals surface area contributed by atoms with Crippen molar-refractivity contribution in [3.05, 3.63) is 6.33 Å². The van der Waals surface area contributed by atoms with Crippen molar-refractivity contribution < 1.29 is 9.59 Å². The molecule has 3 aliphatic rings. The normalized spacial score (nSPS) is 27.0. The van der Waals surface area contributed by atoms with E-state index in [9.17, 15) is 9.59 Å². The van der Waals surface area contributed by atoms with E-state index in [2.05, 4.69) is 20.7 Å². The lowest BCUT2D eigenvalue weighted by molar-refractivity contribution is -0.132. The standard InChI is InChI=1S/C19H30N6O2.ClH/c26-17(11-14-9-15-5-6-16(10-14)21-15)22-19-20-13-25(23-19)12-18(27)24-7-3-1-2-4-8-24;/h13-16,21H,1-12H2,(H,22,23,26);1H. The Morgan fingerprint density at radius 3 is 2.46 bits per heavy atom. The SMILES string of the molecule is Cl.O=C(CC1CC2CCC(C1)N2)Nc1ncn(CC(=O)N2CCCCCC2)n1. The molecule has 9 heteroatoms. The topological polar surface area (TPSA) is 92.2 Å². The molecule has 4 heterocycles. The lowest BCUT2D eigenvalue weighted by Gasteiger charge is -2.28. The molecule has 4 rings (SSSR count). The van der Waals surface area contributed by atoms with Crippen LogP contribution in [-0.2, 0) is 16.1 Å². The highest BCUT2D eigenvalue weighted by molar-refractivity contribution is 5.89. The van der Waals surface area contributed by atoms with Crippen LogP contribution in [0.1, 0.15) is 57.8 Å². The zero-order valence-corrected chi connectivity index (χ0v) is 17.1. The van der Waals surface area contributed by atoms with Crippen LogP contribution in [0, 0.1) is 5.92 Å². The van der Waals surface area contributed by atoms with E-state index in [1.807, 2.05) is 4.90 Å². The maximum Gasteiger partial charge on any atom is 0.248 e. The number of nitrogens with one attached hydrogen (secondary N) is 2. The minimum absolute atomic E-state index is 0. The van der Waals surface area contributed by atoms with Crippen LogP contribution in [0.5, 0.6) is 0 Å². The lowest BCUT2D eigenvalue weighted by Crippen LogP contribution is -2.39. The van der Waals surface area contributed by atoms with Gasteiger partial charge in [-0.2, -0.15) is 0 Å². The van der Waals surface area contributed by atoms with E-state index in [1.165, 1.54) is 36.7 Å². The number of carbonyl (C=O) groups is 2. The first-order valence-corrected chi connectivity index (χ1v) is 10.4. The summed E-state index contributed by atoms with van der Waals surface area (Å²) >= 11 is 0. The van der Waals surface area contributed by atoms with Crippen molar-refractivity contribution in [3.8, 4) is 0 Å². The number of halogens is 1. The van der Waals surface area contributed by atoms with Gasteiger partial charge >= 0.3 is 0 Å². The zero-order valence-electron chi connectivity index (χ0n) is 16.3. The maximum atomic E-state index is 12.4. The molecule has 8 nitrogen and oxygen atoms in total. The van der Waals surface area contributed by atoms with E-state index >= 15 is 0 Å². The van der Waals surface area contributed by atoms with Gasteiger partial charge in [0, 0.05) is 31.6 Å². The third-order valence-corrected chi connectivity index (χ3v) is 6.09. The molecule has 28 heavy (non-hydrogen) atoms. The van der Waals surface area contributed by atoms with Gasteiger partial charge in [0.05, 0.1) is 0 Å². The van der Waals surface area contributed by atoms with Crippen molar-refractivity contribution in [2.75, 3.05) is 18.4 Å². The smallest absolute Gasteiger partial charge is 0.248 e. The van der Waals surface area contributed by atoms with Gasteiger partial charge in [0.25, 0.3) is 0 Å². The molecule has 2 amide bonds. The second kappa shape index (κ2) is 9.69. The number of likely N-dealkylation sites (tertiary alicyclic amines) is 1. The first-order valence-electron chi connectivity index (χ1n) is 10.4. The van der Waals surface area contributed by atoms with Gasteiger partial charge in [-0.1, -0.05) is 12.8 Å². The number of hydrogen-bond acceptors (Lipinski definition) is 5. The number of piperidine rings is 1. The fourth-order valence-electron chi connectivity index (χ4n) is 4.77. The monoisotopic (exact) mass is 410 g/mol. The van der Waals surface area contributed by atoms with Gasteiger partial charge in [0.1, 0.15) is 12.9 Å². The summed E-state index contributed by atoms with van der Waals surface area (Å²) in [6.45, 7) is 1.84. The van der Waals surface area contributed by atoms with E-state index < -0.39 is 0 Å². The molecule has 156 valence electrons. The van der Waals surface area contributed by atoms with Crippen molar-refractivity contribution in [2.24, 2.45) is 5.92 Å². The highest BCUT2D eigenvalue weighted by atomic mass is 35.5. The molecule has 0 radical (unpaired) electrons. The molecule has 3 fully saturated rings. The predicted molar refractivity (Wildman–Crippen MR) is 108 cm³/mol. The molecular weight excluding hydrogens is 380 g/mol. The summed E-state index contributed by atoms with van der Waals surface area (Å²) in [5.41, 5.74) is 0. The van der Waals surface area contributed by atoms with E-state index in [4.69, 9.17) is 0 Å². The number of fused-ring (bicyclic) bond motifs is 2. The van der Waals surface area contributed by atoms with Gasteiger partial charge in [0.2, 0.25) is 17.8 Å². The van der Waals surface area contributed by atoms with E-state index in [0.29, 0.717) is 30.4 Å². The van der Waals surface area contributed by atoms with Crippen molar-refractivity contribution in [2.45, 2.75) is 76.4 Å². The molecule has 0 aromatic carbocycles. The molecule has 2 N–H and O–H groups in total. The van der Waals surface area contributed by atoms with Gasteiger partial charge < -0.3 is 10.2 Å². The number of anilines is 1. The summed E-state index contributed by atoms with van der Waals surface area (Å²) in [5.74, 6) is 0.777. The Balaban J connectivity index is 0.00000225. The fraction of sp³-hybridized carbons (Fsp3) is 0.789. The van der Waals surface area contributed by atoms with Crippen LogP contribution < -0.4 is 10.6 Å². The summed E-state index contributed by atoms with van der Waals surface area (Å²) < 4.78 is 1.52. The van der Waals surface area contributed by atoms with Crippen LogP contribution in [-0.4, -0.2) is 56.7 Å². The van der Waals surface area contributed by atoms with Crippen molar-refractivity contribution in [1.29, 1.82) is 0 Å². The molecule has 3 aliphatic heterocycles. The van der Waals surface area contributed by atoms with Crippen LogP contribution in [0.3, 0.4) is 0 Å². The first kappa shape index (κ1) is 21.0. The molecule has 0 aliphatic carbocycles. The minimum Gasteiger partial charge on any atom is -0.341 e. The number of hydrogen-bond donors (Lipinski definition) is 2. The van der Waals surface area contributed by atoms with Gasteiger partial charge in [-0.25, -0.2) is 9.67 Å². The maximum absolute atomic E-state index is 12.4. The Kier molecular flexibility index (Phi) is 7.29. The number of nitrogens with zero attached hydrogens (tertiary/aromatic N) is 4.